The molecule has 0 N–H and O–H groups in total. The van der Waals surface area contributed by atoms with E-state index >= 15 is 0 Å². The number of hydrogen-bond acceptors (Lipinski definition) is 3. The number of hydrogen-bond donors (Lipinski definition) is 0. The van der Waals surface area contributed by atoms with Gasteiger partial charge in [0.2, 0.25) is 5.91 Å². The fourth-order valence-electron chi connectivity index (χ4n) is 2.95. The highest BCUT2D eigenvalue weighted by Crippen LogP contribution is 2.43. The van der Waals surface area contributed by atoms with Crippen LogP contribution in [0.4, 0.5) is 0 Å². The first-order valence-electron chi connectivity index (χ1n) is 8.41. The summed E-state index contributed by atoms with van der Waals surface area (Å²) in [4.78, 5) is 14.6. The molecule has 0 spiro atoms. The number of benzene rings is 2. The van der Waals surface area contributed by atoms with Crippen molar-refractivity contribution in [3.8, 4) is 5.75 Å². The smallest absolute Gasteiger partial charge is 0.236 e. The second-order valence-electron chi connectivity index (χ2n) is 5.90. The van der Waals surface area contributed by atoms with Crippen LogP contribution in [0, 0.1) is 0 Å². The Morgan fingerprint density at radius 1 is 1.08 bits per heavy atom. The van der Waals surface area contributed by atoms with Crippen LogP contribution >= 0.6 is 11.8 Å². The van der Waals surface area contributed by atoms with E-state index in [1.54, 1.807) is 11.8 Å². The molecule has 1 aliphatic heterocycles. The zero-order valence-electron chi connectivity index (χ0n) is 14.1. The molecular weight excluding hydrogens is 318 g/mol. The topological polar surface area (TPSA) is 29.5 Å². The Hall–Kier alpha value is -1.94. The maximum absolute atomic E-state index is 12.6. The molecule has 1 amide bonds. The van der Waals surface area contributed by atoms with Gasteiger partial charge < -0.3 is 9.64 Å². The lowest BCUT2D eigenvalue weighted by Crippen LogP contribution is -2.32. The Kier molecular flexibility index (Phi) is 5.46. The van der Waals surface area contributed by atoms with Gasteiger partial charge in [0, 0.05) is 6.54 Å². The number of rotatable bonds is 6. The third kappa shape index (κ3) is 3.75. The molecule has 1 aliphatic rings. The van der Waals surface area contributed by atoms with E-state index in [0.717, 1.165) is 24.3 Å². The molecule has 126 valence electrons. The lowest BCUT2D eigenvalue weighted by atomic mass is 10.1. The summed E-state index contributed by atoms with van der Waals surface area (Å²) in [5.41, 5.74) is 2.43. The Morgan fingerprint density at radius 2 is 1.79 bits per heavy atom. The van der Waals surface area contributed by atoms with Crippen LogP contribution < -0.4 is 4.74 Å². The van der Waals surface area contributed by atoms with Crippen molar-refractivity contribution in [1.29, 1.82) is 0 Å². The predicted molar refractivity (Wildman–Crippen MR) is 99.3 cm³/mol. The van der Waals surface area contributed by atoms with Crippen LogP contribution in [0.3, 0.4) is 0 Å². The van der Waals surface area contributed by atoms with E-state index in [0.29, 0.717) is 6.61 Å². The van der Waals surface area contributed by atoms with Crippen molar-refractivity contribution in [2.45, 2.75) is 30.9 Å². The quantitative estimate of drug-likeness (QED) is 0.785. The van der Waals surface area contributed by atoms with Crippen LogP contribution in [-0.4, -0.2) is 29.2 Å². The van der Waals surface area contributed by atoms with Gasteiger partial charge >= 0.3 is 0 Å². The molecule has 0 aliphatic carbocycles. The normalized spacial score (nSPS) is 20.4. The summed E-state index contributed by atoms with van der Waals surface area (Å²) in [6.45, 7) is 5.39. The summed E-state index contributed by atoms with van der Waals surface area (Å²) in [5.74, 6) is 1.11. The number of thioether (sulfide) groups is 1. The summed E-state index contributed by atoms with van der Waals surface area (Å²) >= 11 is 1.72. The standard InChI is InChI=1S/C20H23NO2S/c1-3-23-18-11-9-17(10-12-18)20-21(19(22)15(2)24-20)14-13-16-7-5-4-6-8-16/h4-12,15,20H,3,13-14H2,1-2H3. The van der Waals surface area contributed by atoms with E-state index in [4.69, 9.17) is 4.74 Å². The Morgan fingerprint density at radius 3 is 2.46 bits per heavy atom. The molecule has 1 heterocycles. The molecule has 0 radical (unpaired) electrons. The van der Waals surface area contributed by atoms with Gasteiger partial charge in [-0.25, -0.2) is 0 Å². The second-order valence-corrected chi connectivity index (χ2v) is 7.33. The van der Waals surface area contributed by atoms with Crippen molar-refractivity contribution >= 4 is 17.7 Å². The van der Waals surface area contributed by atoms with Crippen molar-refractivity contribution in [1.82, 2.24) is 4.90 Å². The first-order chi connectivity index (χ1) is 11.7. The Labute approximate surface area is 148 Å². The van der Waals surface area contributed by atoms with Gasteiger partial charge in [-0.3, -0.25) is 4.79 Å². The van der Waals surface area contributed by atoms with Gasteiger partial charge in [0.25, 0.3) is 0 Å². The average Bonchev–Trinajstić information content (AvgIpc) is 2.90. The molecule has 24 heavy (non-hydrogen) atoms. The highest BCUT2D eigenvalue weighted by atomic mass is 32.2. The number of carbonyl (C=O) groups excluding carboxylic acids is 1. The van der Waals surface area contributed by atoms with E-state index < -0.39 is 0 Å². The fraction of sp³-hybridized carbons (Fsp3) is 0.350. The zero-order chi connectivity index (χ0) is 16.9. The van der Waals surface area contributed by atoms with Crippen molar-refractivity contribution < 1.29 is 9.53 Å². The molecule has 3 nitrogen and oxygen atoms in total. The molecule has 0 saturated carbocycles. The van der Waals surface area contributed by atoms with Crippen LogP contribution in [-0.2, 0) is 11.2 Å². The summed E-state index contributed by atoms with van der Waals surface area (Å²) in [5, 5.41) is 0.101. The van der Waals surface area contributed by atoms with E-state index in [2.05, 4.69) is 24.3 Å². The molecule has 2 atom stereocenters. The van der Waals surface area contributed by atoms with Gasteiger partial charge in [0.05, 0.1) is 11.9 Å². The van der Waals surface area contributed by atoms with E-state index in [1.165, 1.54) is 5.56 Å². The minimum atomic E-state index is 0.0114. The molecule has 1 fully saturated rings. The molecule has 2 unspecified atom stereocenters. The number of ether oxygens (including phenoxy) is 1. The van der Waals surface area contributed by atoms with Crippen molar-refractivity contribution in [2.75, 3.05) is 13.2 Å². The first-order valence-corrected chi connectivity index (χ1v) is 9.36. The fourth-order valence-corrected chi connectivity index (χ4v) is 4.26. The minimum Gasteiger partial charge on any atom is -0.494 e. The van der Waals surface area contributed by atoms with Crippen LogP contribution in [0.2, 0.25) is 0 Å². The number of amides is 1. The minimum absolute atomic E-state index is 0.0114. The highest BCUT2D eigenvalue weighted by Gasteiger charge is 2.37. The SMILES string of the molecule is CCOc1ccc(C2SC(C)C(=O)N2CCc2ccccc2)cc1. The molecule has 1 saturated heterocycles. The average molecular weight is 341 g/mol. The molecule has 0 bridgehead atoms. The van der Waals surface area contributed by atoms with Crippen molar-refractivity contribution in [3.05, 3.63) is 65.7 Å². The monoisotopic (exact) mass is 341 g/mol. The van der Waals surface area contributed by atoms with E-state index in [1.807, 2.05) is 49.1 Å². The molecular formula is C20H23NO2S. The van der Waals surface area contributed by atoms with Crippen LogP contribution in [0.15, 0.2) is 54.6 Å². The summed E-state index contributed by atoms with van der Waals surface area (Å²) < 4.78 is 5.51. The zero-order valence-corrected chi connectivity index (χ0v) is 15.0. The molecule has 2 aromatic rings. The largest absolute Gasteiger partial charge is 0.494 e. The lowest BCUT2D eigenvalue weighted by molar-refractivity contribution is -0.129. The summed E-state index contributed by atoms with van der Waals surface area (Å²) in [6.07, 6.45) is 0.882. The number of carbonyl (C=O) groups is 1. The summed E-state index contributed by atoms with van der Waals surface area (Å²) in [7, 11) is 0. The molecule has 0 aromatic heterocycles. The number of nitrogens with zero attached hydrogens (tertiary/aromatic N) is 1. The molecule has 2 aromatic carbocycles. The van der Waals surface area contributed by atoms with Gasteiger partial charge in [0.1, 0.15) is 11.1 Å². The third-order valence-electron chi connectivity index (χ3n) is 4.21. The second kappa shape index (κ2) is 7.75. The maximum atomic E-state index is 12.6. The Bertz CT molecular complexity index is 672. The highest BCUT2D eigenvalue weighted by molar-refractivity contribution is 8.01. The third-order valence-corrected chi connectivity index (χ3v) is 5.60. The van der Waals surface area contributed by atoms with Crippen molar-refractivity contribution in [3.63, 3.8) is 0 Å². The molecule has 4 heteroatoms. The predicted octanol–water partition coefficient (Wildman–Crippen LogP) is 4.29. The van der Waals surface area contributed by atoms with Crippen molar-refractivity contribution in [2.24, 2.45) is 0 Å². The van der Waals surface area contributed by atoms with Gasteiger partial charge in [-0.15, -0.1) is 11.8 Å². The van der Waals surface area contributed by atoms with Gasteiger partial charge in [-0.1, -0.05) is 42.5 Å². The first kappa shape index (κ1) is 16.9. The van der Waals surface area contributed by atoms with E-state index in [9.17, 15) is 4.79 Å². The van der Waals surface area contributed by atoms with Gasteiger partial charge in [0.15, 0.2) is 0 Å². The lowest BCUT2D eigenvalue weighted by Gasteiger charge is -2.24. The Balaban J connectivity index is 1.73. The van der Waals surface area contributed by atoms with Gasteiger partial charge in [-0.05, 0) is 43.5 Å². The van der Waals surface area contributed by atoms with Crippen LogP contribution in [0.25, 0.3) is 0 Å². The summed E-state index contributed by atoms with van der Waals surface area (Å²) in [6, 6.07) is 18.5. The van der Waals surface area contributed by atoms with E-state index in [-0.39, 0.29) is 16.5 Å². The van der Waals surface area contributed by atoms with Crippen LogP contribution in [0.1, 0.15) is 30.3 Å². The molecule has 3 rings (SSSR count). The maximum Gasteiger partial charge on any atom is 0.236 e. The van der Waals surface area contributed by atoms with Crippen LogP contribution in [0.5, 0.6) is 5.75 Å². The van der Waals surface area contributed by atoms with Gasteiger partial charge in [-0.2, -0.15) is 0 Å².